The van der Waals surface area contributed by atoms with E-state index < -0.39 is 29.4 Å². The van der Waals surface area contributed by atoms with Crippen LogP contribution in [0.15, 0.2) is 30.5 Å². The number of benzene rings is 2. The van der Waals surface area contributed by atoms with Gasteiger partial charge in [0.25, 0.3) is 0 Å². The Morgan fingerprint density at radius 2 is 1.91 bits per heavy atom. The van der Waals surface area contributed by atoms with Crippen molar-refractivity contribution in [2.24, 2.45) is 0 Å². The third kappa shape index (κ3) is 7.20. The number of halogens is 3. The molecular formula is C39H42F3N7O5. The van der Waals surface area contributed by atoms with Gasteiger partial charge in [0.2, 0.25) is 5.91 Å². The van der Waals surface area contributed by atoms with Gasteiger partial charge in [0, 0.05) is 83.9 Å². The van der Waals surface area contributed by atoms with Crippen LogP contribution in [-0.2, 0) is 9.53 Å². The lowest BCUT2D eigenvalue weighted by Gasteiger charge is -2.31. The summed E-state index contributed by atoms with van der Waals surface area (Å²) in [6.07, 6.45) is 8.31. The van der Waals surface area contributed by atoms with E-state index in [9.17, 15) is 14.0 Å². The van der Waals surface area contributed by atoms with Gasteiger partial charge in [0.05, 0.1) is 23.1 Å². The van der Waals surface area contributed by atoms with Crippen LogP contribution in [0.2, 0.25) is 0 Å². The Morgan fingerprint density at radius 3 is 2.70 bits per heavy atom. The van der Waals surface area contributed by atoms with E-state index in [0.29, 0.717) is 62.3 Å². The van der Waals surface area contributed by atoms with Gasteiger partial charge in [-0.05, 0) is 49.4 Å². The van der Waals surface area contributed by atoms with Crippen molar-refractivity contribution in [2.45, 2.75) is 44.3 Å². The monoisotopic (exact) mass is 745 g/mol. The summed E-state index contributed by atoms with van der Waals surface area (Å²) >= 11 is 0. The molecule has 4 aromatic rings. The van der Waals surface area contributed by atoms with E-state index in [1.165, 1.54) is 54.2 Å². The first-order valence-electron chi connectivity index (χ1n) is 18.1. The molecule has 3 fully saturated rings. The summed E-state index contributed by atoms with van der Waals surface area (Å²) in [7, 11) is 3.14. The topological polar surface area (TPSA) is 113 Å². The van der Waals surface area contributed by atoms with E-state index in [1.54, 1.807) is 7.05 Å². The van der Waals surface area contributed by atoms with Crippen molar-refractivity contribution in [3.63, 3.8) is 0 Å². The maximum atomic E-state index is 17.2. The molecular weight excluding hydrogens is 703 g/mol. The average molecular weight is 746 g/mol. The van der Waals surface area contributed by atoms with Crippen molar-refractivity contribution in [3.05, 3.63) is 47.7 Å². The molecule has 2 aromatic carbocycles. The first-order valence-corrected chi connectivity index (χ1v) is 18.1. The van der Waals surface area contributed by atoms with Gasteiger partial charge in [0.15, 0.2) is 5.82 Å². The van der Waals surface area contributed by atoms with Crippen LogP contribution >= 0.6 is 0 Å². The van der Waals surface area contributed by atoms with Crippen LogP contribution in [0.25, 0.3) is 32.9 Å². The summed E-state index contributed by atoms with van der Waals surface area (Å²) in [5.74, 6) is 1.13. The van der Waals surface area contributed by atoms with Crippen molar-refractivity contribution in [2.75, 3.05) is 78.1 Å². The van der Waals surface area contributed by atoms with E-state index >= 15 is 8.78 Å². The van der Waals surface area contributed by atoms with Gasteiger partial charge in [-0.3, -0.25) is 14.7 Å². The number of rotatable bonds is 9. The van der Waals surface area contributed by atoms with E-state index in [4.69, 9.17) is 25.6 Å². The molecule has 0 unspecified atom stereocenters. The molecule has 3 aliphatic heterocycles. The fraction of sp³-hybridized carbons (Fsp3) is 0.462. The molecule has 2 atom stereocenters. The molecule has 0 radical (unpaired) electrons. The Morgan fingerprint density at radius 1 is 1.09 bits per heavy atom. The normalized spacial score (nSPS) is 20.1. The van der Waals surface area contributed by atoms with Crippen molar-refractivity contribution in [3.8, 4) is 35.4 Å². The minimum Gasteiger partial charge on any atom is -0.461 e. The first kappa shape index (κ1) is 37.1. The number of anilines is 1. The van der Waals surface area contributed by atoms with Crippen LogP contribution in [0, 0.1) is 24.0 Å². The van der Waals surface area contributed by atoms with Crippen molar-refractivity contribution in [1.29, 1.82) is 0 Å². The fourth-order valence-electron chi connectivity index (χ4n) is 7.65. The van der Waals surface area contributed by atoms with E-state index in [0.717, 1.165) is 19.4 Å². The zero-order valence-corrected chi connectivity index (χ0v) is 30.5. The minimum absolute atomic E-state index is 0.0326. The zero-order valence-electron chi connectivity index (χ0n) is 30.5. The van der Waals surface area contributed by atoms with Gasteiger partial charge in [-0.2, -0.15) is 9.97 Å². The SMILES string of the molecule is C#Cc1c(F)ccc2cc(OC(=O)N(C)CCN(C)C(C)=O)cc(-c3ncc4c(N5CCCOCC5)nc(OC[C@@]56CCCN5C[C@H](F)C6)nc4c3F)c12. The van der Waals surface area contributed by atoms with Crippen LogP contribution in [0.5, 0.6) is 11.8 Å². The number of amides is 2. The highest BCUT2D eigenvalue weighted by Crippen LogP contribution is 2.42. The molecule has 0 N–H and O–H groups in total. The number of aromatic nitrogens is 3. The number of ether oxygens (including phenoxy) is 3. The largest absolute Gasteiger partial charge is 0.461 e. The minimum atomic E-state index is -0.957. The highest BCUT2D eigenvalue weighted by atomic mass is 19.1. The lowest BCUT2D eigenvalue weighted by molar-refractivity contribution is -0.127. The molecule has 7 rings (SSSR count). The molecule has 15 heteroatoms. The quantitative estimate of drug-likeness (QED) is 0.212. The second kappa shape index (κ2) is 15.3. The van der Waals surface area contributed by atoms with Crippen molar-refractivity contribution < 1.29 is 37.0 Å². The van der Waals surface area contributed by atoms with Crippen molar-refractivity contribution >= 4 is 39.5 Å². The summed E-state index contributed by atoms with van der Waals surface area (Å²) < 4.78 is 64.6. The number of carbonyl (C=O) groups is 2. The van der Waals surface area contributed by atoms with E-state index in [-0.39, 0.29) is 65.1 Å². The molecule has 2 aromatic heterocycles. The van der Waals surface area contributed by atoms with Gasteiger partial charge >= 0.3 is 12.1 Å². The van der Waals surface area contributed by atoms with Crippen LogP contribution < -0.4 is 14.4 Å². The molecule has 0 spiro atoms. The van der Waals surface area contributed by atoms with Gasteiger partial charge in [-0.15, -0.1) is 6.42 Å². The van der Waals surface area contributed by atoms with Gasteiger partial charge in [-0.1, -0.05) is 12.0 Å². The smallest absolute Gasteiger partial charge is 0.415 e. The summed E-state index contributed by atoms with van der Waals surface area (Å²) in [4.78, 5) is 45.5. The molecule has 0 saturated carbocycles. The predicted octanol–water partition coefficient (Wildman–Crippen LogP) is 5.20. The number of alkyl halides is 1. The lowest BCUT2D eigenvalue weighted by Crippen LogP contribution is -2.43. The molecule has 54 heavy (non-hydrogen) atoms. The van der Waals surface area contributed by atoms with E-state index in [2.05, 4.69) is 20.8 Å². The Balaban J connectivity index is 1.32. The van der Waals surface area contributed by atoms with Crippen LogP contribution in [-0.4, -0.2) is 127 Å². The van der Waals surface area contributed by atoms with Crippen LogP contribution in [0.3, 0.4) is 0 Å². The Labute approximate surface area is 311 Å². The van der Waals surface area contributed by atoms with Gasteiger partial charge in [0.1, 0.15) is 41.4 Å². The Hall–Kier alpha value is -5.20. The second-order valence-corrected chi connectivity index (χ2v) is 14.2. The molecule has 0 bridgehead atoms. The summed E-state index contributed by atoms with van der Waals surface area (Å²) in [6.45, 7) is 5.22. The lowest BCUT2D eigenvalue weighted by atomic mass is 9.95. The molecule has 3 saturated heterocycles. The third-order valence-corrected chi connectivity index (χ3v) is 10.7. The average Bonchev–Trinajstić information content (AvgIpc) is 3.54. The number of fused-ring (bicyclic) bond motifs is 3. The first-order chi connectivity index (χ1) is 26.0. The Bertz CT molecular complexity index is 2140. The van der Waals surface area contributed by atoms with Gasteiger partial charge < -0.3 is 28.9 Å². The maximum absolute atomic E-state index is 17.2. The zero-order chi connectivity index (χ0) is 38.1. The van der Waals surface area contributed by atoms with Crippen molar-refractivity contribution in [1.82, 2.24) is 29.7 Å². The summed E-state index contributed by atoms with van der Waals surface area (Å²) in [6, 6.07) is 5.48. The third-order valence-electron chi connectivity index (χ3n) is 10.7. The number of pyridine rings is 1. The number of nitrogens with zero attached hydrogens (tertiary/aromatic N) is 7. The number of terminal acetylenes is 1. The molecule has 284 valence electrons. The fourth-order valence-corrected chi connectivity index (χ4v) is 7.65. The predicted molar refractivity (Wildman–Crippen MR) is 196 cm³/mol. The van der Waals surface area contributed by atoms with Crippen LogP contribution in [0.4, 0.5) is 23.8 Å². The number of hydrogen-bond acceptors (Lipinski definition) is 10. The molecule has 2 amide bonds. The molecule has 12 nitrogen and oxygen atoms in total. The molecule has 5 heterocycles. The summed E-state index contributed by atoms with van der Waals surface area (Å²) in [5, 5.41) is 0.894. The summed E-state index contributed by atoms with van der Waals surface area (Å²) in [5.41, 5.74) is -0.835. The number of hydrogen-bond donors (Lipinski definition) is 0. The molecule has 0 aliphatic carbocycles. The maximum Gasteiger partial charge on any atom is 0.415 e. The Kier molecular flexibility index (Phi) is 10.5. The van der Waals surface area contributed by atoms with Crippen LogP contribution in [0.1, 0.15) is 38.2 Å². The number of carbonyl (C=O) groups excluding carboxylic acids is 2. The van der Waals surface area contributed by atoms with Gasteiger partial charge in [-0.25, -0.2) is 18.0 Å². The molecule has 3 aliphatic rings. The highest BCUT2D eigenvalue weighted by molar-refractivity contribution is 6.03. The standard InChI is InChI=1S/C39H42F3N7O5/c1-5-28-31(41)9-8-25-18-27(54-38(51)47(4)14-13-46(3)24(2)50)19-29(32(25)28)34-33(42)35-30(21-43-34)36(48-11-7-16-52-17-15-48)45-37(44-35)53-23-39-10-6-12-49(39)22-26(40)20-39/h1,8-9,18-19,21,26H,6-7,10-17,20,22-23H2,2-4H3/t26-,39+/m1/s1. The number of likely N-dealkylation sites (N-methyl/N-ethyl adjacent to an activating group) is 2. The highest BCUT2D eigenvalue weighted by Gasteiger charge is 2.49. The second-order valence-electron chi connectivity index (χ2n) is 14.2. The van der Waals surface area contributed by atoms with E-state index in [1.807, 2.05) is 4.90 Å².